The second-order valence-electron chi connectivity index (χ2n) is 1.27. The van der Waals surface area contributed by atoms with Crippen LogP contribution in [0.15, 0.2) is 13.5 Å². The molecule has 10 heavy (non-hydrogen) atoms. The molecule has 0 amide bonds. The molecule has 0 fully saturated rings. The molecule has 0 bridgehead atoms. The Morgan fingerprint density at radius 1 is 1.00 bits per heavy atom. The van der Waals surface area contributed by atoms with E-state index in [2.05, 4.69) is 13.5 Å². The third kappa shape index (κ3) is 2.99. The first-order chi connectivity index (χ1) is 4.41. The van der Waals surface area contributed by atoms with E-state index in [1.165, 1.54) is 0 Å². The van der Waals surface area contributed by atoms with Crippen LogP contribution >= 0.6 is 65.3 Å². The number of hydrogen-bond acceptors (Lipinski definition) is 3. The minimum Gasteiger partial charge on any atom is -0.184 e. The molecule has 0 spiro atoms. The molecule has 58 valence electrons. The summed E-state index contributed by atoms with van der Waals surface area (Å²) in [6.07, 6.45) is 0. The van der Waals surface area contributed by atoms with Crippen molar-refractivity contribution in [2.45, 2.75) is 0 Å². The fourth-order valence-electron chi connectivity index (χ4n) is 0.279. The van der Waals surface area contributed by atoms with E-state index in [0.29, 0.717) is 8.52 Å². The van der Waals surface area contributed by atoms with Crippen LogP contribution in [0, 0.1) is 0 Å². The van der Waals surface area contributed by atoms with Crippen molar-refractivity contribution >= 4 is 65.3 Å². The van der Waals surface area contributed by atoms with Crippen molar-refractivity contribution in [3.63, 3.8) is 0 Å². The predicted molar refractivity (Wildman–Crippen MR) is 51.5 cm³/mol. The normalized spacial score (nSPS) is 28.4. The first kappa shape index (κ1) is 9.81. The Balaban J connectivity index is 3.21. The first-order valence-corrected chi connectivity index (χ1v) is 9.69. The SMILES string of the molecule is ClP1(Cl)=NP=NP(Cl)(Cl)=N1. The first-order valence-electron chi connectivity index (χ1n) is 1.88. The average molecular weight is 277 g/mol. The van der Waals surface area contributed by atoms with Crippen LogP contribution in [0.1, 0.15) is 0 Å². The minimum atomic E-state index is -2.58. The van der Waals surface area contributed by atoms with Gasteiger partial charge in [-0.25, -0.2) is 0 Å². The Kier molecular flexibility index (Phi) is 3.16. The van der Waals surface area contributed by atoms with Gasteiger partial charge in [-0.3, -0.25) is 0 Å². The molecule has 0 N–H and O–H groups in total. The van der Waals surface area contributed by atoms with Gasteiger partial charge in [-0.2, -0.15) is 13.5 Å². The van der Waals surface area contributed by atoms with Crippen LogP contribution in [0.4, 0.5) is 0 Å². The molecule has 0 aromatic rings. The van der Waals surface area contributed by atoms with Gasteiger partial charge < -0.3 is 0 Å². The lowest BCUT2D eigenvalue weighted by molar-refractivity contribution is 1.82. The van der Waals surface area contributed by atoms with Crippen LogP contribution in [0.3, 0.4) is 0 Å². The van der Waals surface area contributed by atoms with Gasteiger partial charge in [0.05, 0.1) is 0 Å². The molecule has 0 radical (unpaired) electrons. The van der Waals surface area contributed by atoms with Crippen LogP contribution < -0.4 is 0 Å². The van der Waals surface area contributed by atoms with Crippen molar-refractivity contribution < 1.29 is 0 Å². The van der Waals surface area contributed by atoms with Crippen molar-refractivity contribution in [3.8, 4) is 0 Å². The fourth-order valence-corrected chi connectivity index (χ4v) is 9.34. The predicted octanol–water partition coefficient (Wildman–Crippen LogP) is 5.89. The molecule has 1 rings (SSSR count). The van der Waals surface area contributed by atoms with Gasteiger partial charge in [0.15, 0.2) is 8.52 Å². The van der Waals surface area contributed by atoms with E-state index >= 15 is 0 Å². The monoisotopic (exact) mass is 275 g/mol. The Bertz CT molecular complexity index is 258. The van der Waals surface area contributed by atoms with Crippen LogP contribution in [-0.4, -0.2) is 0 Å². The van der Waals surface area contributed by atoms with Crippen LogP contribution in [0.5, 0.6) is 0 Å². The standard InChI is InChI=1S/Cl4N3P3/c1-9(2)5-8-6-10(3,4)7-9. The fraction of sp³-hybridized carbons (Fsp3) is 0. The lowest BCUT2D eigenvalue weighted by Crippen LogP contribution is -1.54. The number of hydrogen-bond donors (Lipinski definition) is 0. The summed E-state index contributed by atoms with van der Waals surface area (Å²) >= 11 is 22.4. The van der Waals surface area contributed by atoms with E-state index in [4.69, 9.17) is 45.0 Å². The molecule has 1 aliphatic heterocycles. The van der Waals surface area contributed by atoms with Crippen LogP contribution in [0.2, 0.25) is 0 Å². The maximum atomic E-state index is 5.59. The Morgan fingerprint density at radius 2 is 1.60 bits per heavy atom. The summed E-state index contributed by atoms with van der Waals surface area (Å²) in [7, 11) is 0.384. The topological polar surface area (TPSA) is 37.1 Å². The molecule has 1 aliphatic rings. The third-order valence-electron chi connectivity index (χ3n) is 0.510. The number of nitrogens with zero attached hydrogens (tertiary/aromatic N) is 3. The van der Waals surface area contributed by atoms with E-state index in [9.17, 15) is 0 Å². The van der Waals surface area contributed by atoms with Crippen molar-refractivity contribution in [3.05, 3.63) is 0 Å². The molecule has 0 aliphatic carbocycles. The molecule has 0 unspecified atom stereocenters. The molecule has 3 nitrogen and oxygen atoms in total. The second-order valence-corrected chi connectivity index (χ2v) is 12.1. The highest BCUT2D eigenvalue weighted by atomic mass is 35.9. The molecule has 0 aromatic carbocycles. The van der Waals surface area contributed by atoms with Crippen molar-refractivity contribution in [2.75, 3.05) is 0 Å². The maximum Gasteiger partial charge on any atom is 0.260 e. The summed E-state index contributed by atoms with van der Waals surface area (Å²) in [5, 5.41) is 0. The smallest absolute Gasteiger partial charge is 0.184 e. The highest BCUT2D eigenvalue weighted by Gasteiger charge is 2.21. The Hall–Kier alpha value is 1.72. The molecule has 0 aromatic heterocycles. The number of rotatable bonds is 0. The average Bonchev–Trinajstić information content (AvgIpc) is 1.56. The van der Waals surface area contributed by atoms with Crippen LogP contribution in [0.25, 0.3) is 0 Å². The quantitative estimate of drug-likeness (QED) is 0.495. The van der Waals surface area contributed by atoms with Crippen LogP contribution in [-0.2, 0) is 0 Å². The summed E-state index contributed by atoms with van der Waals surface area (Å²) in [5.41, 5.74) is 0. The van der Waals surface area contributed by atoms with Gasteiger partial charge in [0.25, 0.3) is 11.8 Å². The zero-order chi connectivity index (χ0) is 7.83. The second kappa shape index (κ2) is 3.23. The maximum absolute atomic E-state index is 5.59. The Labute approximate surface area is 78.7 Å². The van der Waals surface area contributed by atoms with Gasteiger partial charge >= 0.3 is 0 Å². The molecular formula is Cl4N3P3. The minimum absolute atomic E-state index is 0.384. The van der Waals surface area contributed by atoms with Crippen molar-refractivity contribution in [1.82, 2.24) is 0 Å². The van der Waals surface area contributed by atoms with Gasteiger partial charge in [0.2, 0.25) is 0 Å². The zero-order valence-electron chi connectivity index (χ0n) is 4.20. The molecule has 1 heterocycles. The van der Waals surface area contributed by atoms with E-state index in [-0.39, 0.29) is 0 Å². The summed E-state index contributed by atoms with van der Waals surface area (Å²) in [6, 6.07) is 0. The summed E-state index contributed by atoms with van der Waals surface area (Å²) in [4.78, 5) is 0. The largest absolute Gasteiger partial charge is 0.260 e. The molecule has 10 heteroatoms. The van der Waals surface area contributed by atoms with Gasteiger partial charge in [0.1, 0.15) is 0 Å². The Morgan fingerprint density at radius 3 is 1.90 bits per heavy atom. The van der Waals surface area contributed by atoms with E-state index in [0.717, 1.165) is 0 Å². The number of halogens is 4. The van der Waals surface area contributed by atoms with Gasteiger partial charge in [-0.15, -0.1) is 0 Å². The highest BCUT2D eigenvalue weighted by Crippen LogP contribution is 2.78. The summed E-state index contributed by atoms with van der Waals surface area (Å²) in [6.45, 7) is 0. The summed E-state index contributed by atoms with van der Waals surface area (Å²) < 4.78 is 11.1. The van der Waals surface area contributed by atoms with Crippen molar-refractivity contribution in [2.24, 2.45) is 13.5 Å². The summed E-state index contributed by atoms with van der Waals surface area (Å²) in [5.74, 6) is -5.17. The van der Waals surface area contributed by atoms with Crippen molar-refractivity contribution in [1.29, 1.82) is 0 Å². The molecule has 0 saturated heterocycles. The molecular weight excluding hydrogens is 277 g/mol. The molecule has 0 saturated carbocycles. The highest BCUT2D eigenvalue weighted by molar-refractivity contribution is 8.19. The zero-order valence-corrected chi connectivity index (χ0v) is 9.90. The lowest BCUT2D eigenvalue weighted by Gasteiger charge is -2.07. The van der Waals surface area contributed by atoms with E-state index in [1.807, 2.05) is 0 Å². The van der Waals surface area contributed by atoms with E-state index < -0.39 is 11.8 Å². The van der Waals surface area contributed by atoms with E-state index in [1.54, 1.807) is 0 Å². The van der Waals surface area contributed by atoms with Gasteiger partial charge in [-0.1, -0.05) is 0 Å². The van der Waals surface area contributed by atoms with Gasteiger partial charge in [0, 0.05) is 0 Å². The molecule has 0 atom stereocenters. The van der Waals surface area contributed by atoms with Gasteiger partial charge in [-0.05, 0) is 45.0 Å². The lowest BCUT2D eigenvalue weighted by atomic mass is 13.8. The third-order valence-corrected chi connectivity index (χ3v) is 9.46.